The number of fused-ring (bicyclic) bond motifs is 1. The van der Waals surface area contributed by atoms with Gasteiger partial charge < -0.3 is 25.1 Å². The SMILES string of the molecule is C=CC1C(OCc2ccccc2)C(C)(COCc2ccccc2)OC1(O)c1ccc2c(N)ncnn12. The van der Waals surface area contributed by atoms with E-state index in [4.69, 9.17) is 19.9 Å². The van der Waals surface area contributed by atoms with Crippen LogP contribution in [0.5, 0.6) is 0 Å². The normalized spacial score (nSPS) is 25.8. The third-order valence-corrected chi connectivity index (χ3v) is 6.64. The van der Waals surface area contributed by atoms with E-state index in [-0.39, 0.29) is 6.61 Å². The largest absolute Gasteiger partial charge is 0.382 e. The quantitative estimate of drug-likeness (QED) is 0.346. The second kappa shape index (κ2) is 9.83. The van der Waals surface area contributed by atoms with Gasteiger partial charge in [-0.05, 0) is 30.2 Å². The number of anilines is 1. The zero-order chi connectivity index (χ0) is 25.2. The molecule has 4 unspecified atom stereocenters. The van der Waals surface area contributed by atoms with Crippen LogP contribution >= 0.6 is 0 Å². The fraction of sp³-hybridized carbons (Fsp3) is 0.286. The molecule has 4 atom stereocenters. The van der Waals surface area contributed by atoms with Crippen LogP contribution in [0, 0.1) is 5.92 Å². The van der Waals surface area contributed by atoms with Crippen molar-refractivity contribution in [3.8, 4) is 0 Å². The Labute approximate surface area is 210 Å². The average molecular weight is 487 g/mol. The Morgan fingerprint density at radius 1 is 1.06 bits per heavy atom. The fourth-order valence-electron chi connectivity index (χ4n) is 4.89. The van der Waals surface area contributed by atoms with Crippen molar-refractivity contribution in [3.05, 3.63) is 109 Å². The Balaban J connectivity index is 1.48. The molecule has 1 aliphatic heterocycles. The van der Waals surface area contributed by atoms with Crippen LogP contribution in [0.2, 0.25) is 0 Å². The van der Waals surface area contributed by atoms with Crippen LogP contribution in [0.4, 0.5) is 5.82 Å². The molecule has 1 aliphatic rings. The van der Waals surface area contributed by atoms with Crippen LogP contribution in [-0.2, 0) is 33.2 Å². The van der Waals surface area contributed by atoms with E-state index in [1.54, 1.807) is 22.7 Å². The molecule has 4 aromatic rings. The van der Waals surface area contributed by atoms with Gasteiger partial charge in [0.25, 0.3) is 0 Å². The number of nitrogens with zero attached hydrogens (tertiary/aromatic N) is 3. The predicted octanol–water partition coefficient (Wildman–Crippen LogP) is 3.85. The second-order valence-electron chi connectivity index (χ2n) is 9.23. The molecule has 1 fully saturated rings. The average Bonchev–Trinajstić information content (AvgIpc) is 3.42. The molecule has 8 nitrogen and oxygen atoms in total. The lowest BCUT2D eigenvalue weighted by Crippen LogP contribution is -2.44. The minimum absolute atomic E-state index is 0.189. The van der Waals surface area contributed by atoms with Crippen molar-refractivity contribution in [1.29, 1.82) is 0 Å². The number of hydrogen-bond donors (Lipinski definition) is 2. The summed E-state index contributed by atoms with van der Waals surface area (Å²) in [6, 6.07) is 23.3. The van der Waals surface area contributed by atoms with E-state index < -0.39 is 23.4 Å². The molecule has 186 valence electrons. The summed E-state index contributed by atoms with van der Waals surface area (Å²) in [5.41, 5.74) is 8.07. The van der Waals surface area contributed by atoms with Gasteiger partial charge in [0.1, 0.15) is 29.2 Å². The molecular formula is C28H30N4O4. The molecule has 36 heavy (non-hydrogen) atoms. The monoisotopic (exact) mass is 486 g/mol. The highest BCUT2D eigenvalue weighted by molar-refractivity contribution is 5.65. The molecule has 0 amide bonds. The first-order valence-electron chi connectivity index (χ1n) is 11.9. The summed E-state index contributed by atoms with van der Waals surface area (Å²) in [5, 5.41) is 16.4. The number of aromatic nitrogens is 3. The maximum Gasteiger partial charge on any atom is 0.219 e. The number of nitrogen functional groups attached to an aromatic ring is 1. The summed E-state index contributed by atoms with van der Waals surface area (Å²) >= 11 is 0. The number of hydrogen-bond acceptors (Lipinski definition) is 7. The van der Waals surface area contributed by atoms with Crippen LogP contribution in [-0.4, -0.2) is 38.0 Å². The Morgan fingerprint density at radius 3 is 2.39 bits per heavy atom. The second-order valence-corrected chi connectivity index (χ2v) is 9.23. The lowest BCUT2D eigenvalue weighted by Gasteiger charge is -2.31. The van der Waals surface area contributed by atoms with E-state index in [1.165, 1.54) is 6.33 Å². The lowest BCUT2D eigenvalue weighted by molar-refractivity contribution is -0.253. The number of ether oxygens (including phenoxy) is 3. The molecule has 0 spiro atoms. The van der Waals surface area contributed by atoms with Crippen molar-refractivity contribution < 1.29 is 19.3 Å². The summed E-state index contributed by atoms with van der Waals surface area (Å²) in [7, 11) is 0. The van der Waals surface area contributed by atoms with Crippen LogP contribution in [0.1, 0.15) is 23.7 Å². The molecule has 3 heterocycles. The molecule has 0 saturated carbocycles. The van der Waals surface area contributed by atoms with Crippen LogP contribution < -0.4 is 5.73 Å². The minimum atomic E-state index is -1.79. The van der Waals surface area contributed by atoms with E-state index >= 15 is 0 Å². The first-order chi connectivity index (χ1) is 17.4. The zero-order valence-electron chi connectivity index (χ0n) is 20.2. The maximum atomic E-state index is 12.1. The van der Waals surface area contributed by atoms with Gasteiger partial charge >= 0.3 is 0 Å². The number of rotatable bonds is 9. The Hall–Kier alpha value is -3.56. The van der Waals surface area contributed by atoms with Crippen LogP contribution in [0.15, 0.2) is 91.8 Å². The van der Waals surface area contributed by atoms with Crippen molar-refractivity contribution in [2.45, 2.75) is 37.6 Å². The van der Waals surface area contributed by atoms with Crippen molar-refractivity contribution >= 4 is 11.3 Å². The van der Waals surface area contributed by atoms with Gasteiger partial charge in [-0.3, -0.25) is 0 Å². The minimum Gasteiger partial charge on any atom is -0.382 e. The standard InChI is InChI=1S/C28H30N4O4/c1-3-22-25(35-17-21-12-8-5-9-13-21)27(2,18-34-16-20-10-6-4-7-11-20)36-28(22,33)24-15-14-23-26(29)30-19-31-32(23)24/h3-15,19,22,25,33H,1,16-18H2,2H3,(H2,29,30,31). The molecular weight excluding hydrogens is 456 g/mol. The molecule has 8 heteroatoms. The molecule has 3 N–H and O–H groups in total. The predicted molar refractivity (Wildman–Crippen MR) is 136 cm³/mol. The molecule has 2 aromatic carbocycles. The molecule has 5 rings (SSSR count). The summed E-state index contributed by atoms with van der Waals surface area (Å²) in [5.74, 6) is -2.11. The first kappa shape index (κ1) is 24.1. The van der Waals surface area contributed by atoms with Gasteiger partial charge in [-0.25, -0.2) is 9.50 Å². The zero-order valence-corrected chi connectivity index (χ0v) is 20.2. The molecule has 0 aliphatic carbocycles. The highest BCUT2D eigenvalue weighted by atomic mass is 16.7. The summed E-state index contributed by atoms with van der Waals surface area (Å²) < 4.78 is 20.6. The lowest BCUT2D eigenvalue weighted by atomic mass is 9.86. The molecule has 0 radical (unpaired) electrons. The van der Waals surface area contributed by atoms with E-state index in [0.717, 1.165) is 11.1 Å². The third-order valence-electron chi connectivity index (χ3n) is 6.64. The van der Waals surface area contributed by atoms with Gasteiger partial charge in [-0.2, -0.15) is 5.10 Å². The number of nitrogens with two attached hydrogens (primary N) is 1. The van der Waals surface area contributed by atoms with Gasteiger partial charge in [-0.15, -0.1) is 6.58 Å². The van der Waals surface area contributed by atoms with Gasteiger partial charge in [0, 0.05) is 0 Å². The summed E-state index contributed by atoms with van der Waals surface area (Å²) in [6.45, 7) is 6.84. The topological polar surface area (TPSA) is 104 Å². The highest BCUT2D eigenvalue weighted by Gasteiger charge is 2.62. The Morgan fingerprint density at radius 2 is 1.72 bits per heavy atom. The van der Waals surface area contributed by atoms with E-state index in [0.29, 0.717) is 30.2 Å². The number of benzene rings is 2. The van der Waals surface area contributed by atoms with Gasteiger partial charge in [0.2, 0.25) is 5.79 Å². The smallest absolute Gasteiger partial charge is 0.219 e. The molecule has 1 saturated heterocycles. The maximum absolute atomic E-state index is 12.1. The fourth-order valence-corrected chi connectivity index (χ4v) is 4.89. The first-order valence-corrected chi connectivity index (χ1v) is 11.9. The van der Waals surface area contributed by atoms with Crippen molar-refractivity contribution in [2.75, 3.05) is 12.3 Å². The number of aliphatic hydroxyl groups is 1. The van der Waals surface area contributed by atoms with Crippen LogP contribution in [0.3, 0.4) is 0 Å². The van der Waals surface area contributed by atoms with E-state index in [1.807, 2.05) is 67.6 Å². The highest BCUT2D eigenvalue weighted by Crippen LogP contribution is 2.50. The van der Waals surface area contributed by atoms with Crippen molar-refractivity contribution in [1.82, 2.24) is 14.6 Å². The summed E-state index contributed by atoms with van der Waals surface area (Å²) in [4.78, 5) is 4.04. The Bertz CT molecular complexity index is 1330. The van der Waals surface area contributed by atoms with Gasteiger partial charge in [0.15, 0.2) is 5.82 Å². The van der Waals surface area contributed by atoms with Crippen LogP contribution in [0.25, 0.3) is 5.52 Å². The summed E-state index contributed by atoms with van der Waals surface area (Å²) in [6.07, 6.45) is 2.45. The van der Waals surface area contributed by atoms with Crippen molar-refractivity contribution in [3.63, 3.8) is 0 Å². The van der Waals surface area contributed by atoms with Crippen molar-refractivity contribution in [2.24, 2.45) is 5.92 Å². The van der Waals surface area contributed by atoms with E-state index in [9.17, 15) is 5.11 Å². The third kappa shape index (κ3) is 4.40. The van der Waals surface area contributed by atoms with Gasteiger partial charge in [0.05, 0.1) is 25.7 Å². The molecule has 2 aromatic heterocycles. The molecule has 0 bridgehead atoms. The van der Waals surface area contributed by atoms with E-state index in [2.05, 4.69) is 16.7 Å². The van der Waals surface area contributed by atoms with Gasteiger partial charge in [-0.1, -0.05) is 66.7 Å². The Kier molecular flexibility index (Phi) is 6.59.